The number of rotatable bonds is 4. The van der Waals surface area contributed by atoms with Crippen molar-refractivity contribution in [1.82, 2.24) is 10.3 Å². The highest BCUT2D eigenvalue weighted by atomic mass is 15.0. The van der Waals surface area contributed by atoms with Crippen molar-refractivity contribution >= 4 is 5.69 Å². The Morgan fingerprint density at radius 1 is 1.35 bits per heavy atom. The fourth-order valence-electron chi connectivity index (χ4n) is 1.67. The Kier molecular flexibility index (Phi) is 3.38. The van der Waals surface area contributed by atoms with Crippen LogP contribution in [0.3, 0.4) is 0 Å². The minimum absolute atomic E-state index is 0.141. The standard InChI is InChI=1S/C14H23N3/c1-10-7-13(17-12-5-6-12)11(8-15-10)9-16-14(2,3)4/h7-8,12,16H,5-6,9H2,1-4H3,(H,15,17). The van der Waals surface area contributed by atoms with E-state index in [4.69, 9.17) is 0 Å². The van der Waals surface area contributed by atoms with Crippen LogP contribution in [-0.4, -0.2) is 16.6 Å². The van der Waals surface area contributed by atoms with E-state index in [-0.39, 0.29) is 5.54 Å². The topological polar surface area (TPSA) is 37.0 Å². The Balaban J connectivity index is 2.08. The molecule has 0 atom stereocenters. The van der Waals surface area contributed by atoms with E-state index in [0.29, 0.717) is 6.04 Å². The molecule has 17 heavy (non-hydrogen) atoms. The average molecular weight is 233 g/mol. The molecule has 94 valence electrons. The Morgan fingerprint density at radius 2 is 2.06 bits per heavy atom. The van der Waals surface area contributed by atoms with Crippen LogP contribution in [0.1, 0.15) is 44.9 Å². The van der Waals surface area contributed by atoms with Gasteiger partial charge in [-0.3, -0.25) is 4.98 Å². The number of aryl methyl sites for hydroxylation is 1. The van der Waals surface area contributed by atoms with Crippen LogP contribution in [0.2, 0.25) is 0 Å². The number of aromatic nitrogens is 1. The third kappa shape index (κ3) is 4.00. The molecule has 1 aromatic rings. The summed E-state index contributed by atoms with van der Waals surface area (Å²) in [7, 11) is 0. The molecule has 0 unspecified atom stereocenters. The van der Waals surface area contributed by atoms with Gasteiger partial charge >= 0.3 is 0 Å². The second-order valence-corrected chi connectivity index (χ2v) is 6.00. The molecule has 1 saturated carbocycles. The summed E-state index contributed by atoms with van der Waals surface area (Å²) in [4.78, 5) is 4.39. The van der Waals surface area contributed by atoms with Gasteiger partial charge in [0.05, 0.1) is 0 Å². The van der Waals surface area contributed by atoms with Gasteiger partial charge in [-0.1, -0.05) is 0 Å². The third-order valence-corrected chi connectivity index (χ3v) is 2.87. The highest BCUT2D eigenvalue weighted by Crippen LogP contribution is 2.27. The lowest BCUT2D eigenvalue weighted by Gasteiger charge is -2.22. The van der Waals surface area contributed by atoms with Crippen LogP contribution in [0.25, 0.3) is 0 Å². The molecular weight excluding hydrogens is 210 g/mol. The van der Waals surface area contributed by atoms with Gasteiger partial charge in [0.25, 0.3) is 0 Å². The monoisotopic (exact) mass is 233 g/mol. The number of anilines is 1. The van der Waals surface area contributed by atoms with Crippen molar-refractivity contribution < 1.29 is 0 Å². The summed E-state index contributed by atoms with van der Waals surface area (Å²) in [6, 6.07) is 2.84. The first-order chi connectivity index (χ1) is 7.94. The van der Waals surface area contributed by atoms with Crippen molar-refractivity contribution in [3.63, 3.8) is 0 Å². The molecule has 2 rings (SSSR count). The average Bonchev–Trinajstić information content (AvgIpc) is 2.99. The predicted molar refractivity (Wildman–Crippen MR) is 72.2 cm³/mol. The molecule has 0 amide bonds. The number of hydrogen-bond acceptors (Lipinski definition) is 3. The van der Waals surface area contributed by atoms with E-state index < -0.39 is 0 Å². The first-order valence-electron chi connectivity index (χ1n) is 6.41. The third-order valence-electron chi connectivity index (χ3n) is 2.87. The van der Waals surface area contributed by atoms with Crippen molar-refractivity contribution in [3.05, 3.63) is 23.5 Å². The van der Waals surface area contributed by atoms with E-state index in [0.717, 1.165) is 12.2 Å². The van der Waals surface area contributed by atoms with Crippen molar-refractivity contribution in [3.8, 4) is 0 Å². The number of hydrogen-bond donors (Lipinski definition) is 2. The van der Waals surface area contributed by atoms with Crippen molar-refractivity contribution in [1.29, 1.82) is 0 Å². The Morgan fingerprint density at radius 3 is 2.65 bits per heavy atom. The summed E-state index contributed by atoms with van der Waals surface area (Å²) in [5, 5.41) is 7.09. The van der Waals surface area contributed by atoms with Crippen molar-refractivity contribution in [2.24, 2.45) is 0 Å². The van der Waals surface area contributed by atoms with Gasteiger partial charge in [-0.25, -0.2) is 0 Å². The Bertz CT molecular complexity index is 389. The molecule has 0 radical (unpaired) electrons. The van der Waals surface area contributed by atoms with Gasteiger partial charge in [-0.05, 0) is 46.6 Å². The molecule has 1 aliphatic carbocycles. The molecule has 1 heterocycles. The Labute approximate surface area is 104 Å². The minimum Gasteiger partial charge on any atom is -0.382 e. The number of pyridine rings is 1. The predicted octanol–water partition coefficient (Wildman–Crippen LogP) is 2.85. The number of nitrogens with one attached hydrogen (secondary N) is 2. The number of nitrogens with zero attached hydrogens (tertiary/aromatic N) is 1. The van der Waals surface area contributed by atoms with Gasteiger partial charge in [-0.2, -0.15) is 0 Å². The van der Waals surface area contributed by atoms with Crippen LogP contribution in [0.15, 0.2) is 12.3 Å². The molecule has 2 N–H and O–H groups in total. The summed E-state index contributed by atoms with van der Waals surface area (Å²) < 4.78 is 0. The summed E-state index contributed by atoms with van der Waals surface area (Å²) in [6.07, 6.45) is 4.58. The molecule has 0 saturated heterocycles. The second kappa shape index (κ2) is 4.65. The van der Waals surface area contributed by atoms with Crippen LogP contribution in [-0.2, 0) is 6.54 Å². The zero-order valence-corrected chi connectivity index (χ0v) is 11.3. The first-order valence-corrected chi connectivity index (χ1v) is 6.41. The minimum atomic E-state index is 0.141. The maximum atomic E-state index is 4.39. The maximum Gasteiger partial charge on any atom is 0.0421 e. The second-order valence-electron chi connectivity index (χ2n) is 6.00. The highest BCUT2D eigenvalue weighted by molar-refractivity contribution is 5.52. The lowest BCUT2D eigenvalue weighted by Crippen LogP contribution is -2.35. The quantitative estimate of drug-likeness (QED) is 0.839. The molecular formula is C14H23N3. The fraction of sp³-hybridized carbons (Fsp3) is 0.643. The lowest BCUT2D eigenvalue weighted by molar-refractivity contribution is 0.424. The van der Waals surface area contributed by atoms with Gasteiger partial charge in [0.2, 0.25) is 0 Å². The zero-order valence-electron chi connectivity index (χ0n) is 11.3. The summed E-state index contributed by atoms with van der Waals surface area (Å²) in [5.74, 6) is 0. The van der Waals surface area contributed by atoms with E-state index in [1.54, 1.807) is 0 Å². The van der Waals surface area contributed by atoms with Crippen LogP contribution < -0.4 is 10.6 Å². The normalized spacial score (nSPS) is 16.0. The van der Waals surface area contributed by atoms with E-state index in [1.165, 1.54) is 24.1 Å². The van der Waals surface area contributed by atoms with Crippen LogP contribution in [0.5, 0.6) is 0 Å². The summed E-state index contributed by atoms with van der Waals surface area (Å²) in [5.41, 5.74) is 3.73. The summed E-state index contributed by atoms with van der Waals surface area (Å²) in [6.45, 7) is 9.46. The molecule has 1 aromatic heterocycles. The molecule has 0 aromatic carbocycles. The highest BCUT2D eigenvalue weighted by Gasteiger charge is 2.22. The van der Waals surface area contributed by atoms with E-state index in [9.17, 15) is 0 Å². The van der Waals surface area contributed by atoms with Crippen LogP contribution in [0.4, 0.5) is 5.69 Å². The molecule has 3 nitrogen and oxygen atoms in total. The van der Waals surface area contributed by atoms with Crippen LogP contribution >= 0.6 is 0 Å². The molecule has 1 fully saturated rings. The van der Waals surface area contributed by atoms with E-state index >= 15 is 0 Å². The molecule has 0 spiro atoms. The fourth-order valence-corrected chi connectivity index (χ4v) is 1.67. The van der Waals surface area contributed by atoms with Gasteiger partial charge in [0.1, 0.15) is 0 Å². The van der Waals surface area contributed by atoms with Crippen molar-refractivity contribution in [2.75, 3.05) is 5.32 Å². The first kappa shape index (κ1) is 12.4. The van der Waals surface area contributed by atoms with E-state index in [1.807, 2.05) is 13.1 Å². The van der Waals surface area contributed by atoms with E-state index in [2.05, 4.69) is 42.5 Å². The SMILES string of the molecule is Cc1cc(NC2CC2)c(CNC(C)(C)C)cn1. The molecule has 0 aliphatic heterocycles. The maximum absolute atomic E-state index is 4.39. The lowest BCUT2D eigenvalue weighted by atomic mass is 10.1. The van der Waals surface area contributed by atoms with Gasteiger partial charge in [0.15, 0.2) is 0 Å². The molecule has 1 aliphatic rings. The molecule has 3 heteroatoms. The van der Waals surface area contributed by atoms with Gasteiger partial charge in [-0.15, -0.1) is 0 Å². The zero-order chi connectivity index (χ0) is 12.5. The largest absolute Gasteiger partial charge is 0.382 e. The smallest absolute Gasteiger partial charge is 0.0421 e. The van der Waals surface area contributed by atoms with Gasteiger partial charge < -0.3 is 10.6 Å². The summed E-state index contributed by atoms with van der Waals surface area (Å²) >= 11 is 0. The molecule has 0 bridgehead atoms. The van der Waals surface area contributed by atoms with Crippen LogP contribution in [0, 0.1) is 6.92 Å². The Hall–Kier alpha value is -1.09. The van der Waals surface area contributed by atoms with Gasteiger partial charge in [0, 0.05) is 41.3 Å². The van der Waals surface area contributed by atoms with Crippen molar-refractivity contribution in [2.45, 2.75) is 58.7 Å².